The maximum atomic E-state index is 5.92. The van der Waals surface area contributed by atoms with Gasteiger partial charge in [0.25, 0.3) is 0 Å². The van der Waals surface area contributed by atoms with Crippen molar-refractivity contribution in [3.63, 3.8) is 0 Å². The van der Waals surface area contributed by atoms with E-state index in [1.807, 2.05) is 106 Å². The predicted octanol–water partition coefficient (Wildman–Crippen LogP) is 6.57. The third-order valence-corrected chi connectivity index (χ3v) is 3.62. The maximum Gasteiger partial charge on any atom is 0.222 e. The average Bonchev–Trinajstić information content (AvgIpc) is 2.70. The van der Waals surface area contributed by atoms with Gasteiger partial charge in [0.05, 0.1) is 11.9 Å². The van der Waals surface area contributed by atoms with Crippen LogP contribution in [0.5, 0.6) is 17.2 Å². The molecule has 0 saturated heterocycles. The standard InChI is InChI=1S/C25H25NO3/c1-25(2,3)29-23-16-14-20(15-17-23)26-24(28-22-12-8-5-9-13-22)18-19-27-21-10-6-4-7-11-21/h4-19H,1-3H3. The number of ether oxygens (including phenoxy) is 3. The Hall–Kier alpha value is -3.53. The lowest BCUT2D eigenvalue weighted by molar-refractivity contribution is 0.131. The number of para-hydroxylation sites is 2. The number of nitrogens with zero attached hydrogens (tertiary/aromatic N) is 1. The molecule has 3 rings (SSSR count). The van der Waals surface area contributed by atoms with Gasteiger partial charge < -0.3 is 14.2 Å². The lowest BCUT2D eigenvalue weighted by atomic mass is 10.2. The second-order valence-electron chi connectivity index (χ2n) is 7.31. The van der Waals surface area contributed by atoms with Gasteiger partial charge in [-0.2, -0.15) is 0 Å². The summed E-state index contributed by atoms with van der Waals surface area (Å²) in [5.74, 6) is 2.65. The number of hydrogen-bond donors (Lipinski definition) is 0. The molecule has 4 heteroatoms. The van der Waals surface area contributed by atoms with Gasteiger partial charge in [0, 0.05) is 6.08 Å². The molecule has 0 N–H and O–H groups in total. The SMILES string of the molecule is CC(C)(C)Oc1ccc(N=C(C=COc2ccccc2)Oc2ccccc2)cc1. The molecule has 3 aromatic carbocycles. The lowest BCUT2D eigenvalue weighted by Crippen LogP contribution is -2.22. The fourth-order valence-electron chi connectivity index (χ4n) is 2.44. The predicted molar refractivity (Wildman–Crippen MR) is 117 cm³/mol. The lowest BCUT2D eigenvalue weighted by Gasteiger charge is -2.21. The molecule has 4 nitrogen and oxygen atoms in total. The van der Waals surface area contributed by atoms with Crippen LogP contribution in [0.3, 0.4) is 0 Å². The Morgan fingerprint density at radius 3 is 1.90 bits per heavy atom. The quantitative estimate of drug-likeness (QED) is 0.273. The summed E-state index contributed by atoms with van der Waals surface area (Å²) in [6.45, 7) is 6.05. The zero-order valence-corrected chi connectivity index (χ0v) is 16.9. The number of rotatable bonds is 6. The molecule has 0 bridgehead atoms. The summed E-state index contributed by atoms with van der Waals surface area (Å²) in [6.07, 6.45) is 3.26. The van der Waals surface area contributed by atoms with Crippen molar-refractivity contribution in [2.45, 2.75) is 26.4 Å². The molecule has 0 heterocycles. The van der Waals surface area contributed by atoms with Gasteiger partial charge in [-0.05, 0) is 69.3 Å². The summed E-state index contributed by atoms with van der Waals surface area (Å²) in [7, 11) is 0. The van der Waals surface area contributed by atoms with Gasteiger partial charge in [0.1, 0.15) is 22.8 Å². The molecule has 0 atom stereocenters. The number of aliphatic imine (C=N–C) groups is 1. The van der Waals surface area contributed by atoms with Crippen molar-refractivity contribution < 1.29 is 14.2 Å². The molecule has 29 heavy (non-hydrogen) atoms. The van der Waals surface area contributed by atoms with Crippen LogP contribution in [-0.2, 0) is 0 Å². The molecule has 0 spiro atoms. The average molecular weight is 387 g/mol. The Morgan fingerprint density at radius 1 is 0.724 bits per heavy atom. The van der Waals surface area contributed by atoms with Crippen LogP contribution in [-0.4, -0.2) is 11.5 Å². The van der Waals surface area contributed by atoms with Crippen molar-refractivity contribution in [3.05, 3.63) is 97.3 Å². The molecule has 0 aromatic heterocycles. The van der Waals surface area contributed by atoms with Gasteiger partial charge in [0.2, 0.25) is 5.90 Å². The molecule has 0 aliphatic rings. The van der Waals surface area contributed by atoms with Crippen LogP contribution >= 0.6 is 0 Å². The fraction of sp³-hybridized carbons (Fsp3) is 0.160. The highest BCUT2D eigenvalue weighted by Crippen LogP contribution is 2.22. The first-order chi connectivity index (χ1) is 14.0. The van der Waals surface area contributed by atoms with Gasteiger partial charge >= 0.3 is 0 Å². The monoisotopic (exact) mass is 387 g/mol. The minimum atomic E-state index is -0.246. The summed E-state index contributed by atoms with van der Waals surface area (Å²) in [5.41, 5.74) is 0.505. The maximum absolute atomic E-state index is 5.92. The first kappa shape index (κ1) is 20.2. The number of hydrogen-bond acceptors (Lipinski definition) is 4. The van der Waals surface area contributed by atoms with Gasteiger partial charge in [-0.1, -0.05) is 36.4 Å². The van der Waals surface area contributed by atoms with Crippen LogP contribution in [0, 0.1) is 0 Å². The van der Waals surface area contributed by atoms with E-state index < -0.39 is 0 Å². The van der Waals surface area contributed by atoms with Crippen molar-refractivity contribution in [3.8, 4) is 17.2 Å². The zero-order valence-electron chi connectivity index (χ0n) is 16.9. The minimum Gasteiger partial charge on any atom is -0.488 e. The third kappa shape index (κ3) is 7.18. The topological polar surface area (TPSA) is 40.0 Å². The van der Waals surface area contributed by atoms with Crippen molar-refractivity contribution >= 4 is 11.6 Å². The summed E-state index contributed by atoms with van der Waals surface area (Å²) < 4.78 is 17.4. The molecule has 0 radical (unpaired) electrons. The summed E-state index contributed by atoms with van der Waals surface area (Å²) in [5, 5.41) is 0. The summed E-state index contributed by atoms with van der Waals surface area (Å²) in [6, 6.07) is 26.6. The molecule has 3 aromatic rings. The third-order valence-electron chi connectivity index (χ3n) is 3.62. The fourth-order valence-corrected chi connectivity index (χ4v) is 2.44. The van der Waals surface area contributed by atoms with Crippen molar-refractivity contribution in [1.29, 1.82) is 0 Å². The van der Waals surface area contributed by atoms with Gasteiger partial charge in [-0.15, -0.1) is 0 Å². The van der Waals surface area contributed by atoms with E-state index in [0.29, 0.717) is 11.6 Å². The van der Waals surface area contributed by atoms with Crippen LogP contribution in [0.1, 0.15) is 20.8 Å². The Kier molecular flexibility index (Phi) is 6.69. The second-order valence-corrected chi connectivity index (χ2v) is 7.31. The molecule has 0 aliphatic heterocycles. The molecule has 0 fully saturated rings. The normalized spacial score (nSPS) is 12.0. The Bertz CT molecular complexity index is 941. The van der Waals surface area contributed by atoms with Crippen LogP contribution in [0.4, 0.5) is 5.69 Å². The second kappa shape index (κ2) is 9.60. The highest BCUT2D eigenvalue weighted by molar-refractivity contribution is 5.91. The molecule has 0 amide bonds. The first-order valence-corrected chi connectivity index (χ1v) is 9.47. The van der Waals surface area contributed by atoms with Crippen molar-refractivity contribution in [2.24, 2.45) is 4.99 Å². The van der Waals surface area contributed by atoms with E-state index >= 15 is 0 Å². The van der Waals surface area contributed by atoms with E-state index in [0.717, 1.165) is 17.2 Å². The van der Waals surface area contributed by atoms with Crippen LogP contribution in [0.2, 0.25) is 0 Å². The van der Waals surface area contributed by atoms with Crippen LogP contribution in [0.15, 0.2) is 102 Å². The van der Waals surface area contributed by atoms with Crippen molar-refractivity contribution in [2.75, 3.05) is 0 Å². The van der Waals surface area contributed by atoms with Gasteiger partial charge in [-0.3, -0.25) is 0 Å². The van der Waals surface area contributed by atoms with Gasteiger partial charge in [0.15, 0.2) is 0 Å². The first-order valence-electron chi connectivity index (χ1n) is 9.47. The Balaban J connectivity index is 1.78. The van der Waals surface area contributed by atoms with E-state index in [1.54, 1.807) is 12.3 Å². The highest BCUT2D eigenvalue weighted by atomic mass is 16.5. The molecule has 0 saturated carbocycles. The van der Waals surface area contributed by atoms with Gasteiger partial charge in [-0.25, -0.2) is 4.99 Å². The summed E-state index contributed by atoms with van der Waals surface area (Å²) >= 11 is 0. The van der Waals surface area contributed by atoms with E-state index in [1.165, 1.54) is 0 Å². The van der Waals surface area contributed by atoms with Crippen LogP contribution in [0.25, 0.3) is 0 Å². The molecule has 0 aliphatic carbocycles. The van der Waals surface area contributed by atoms with E-state index in [2.05, 4.69) is 4.99 Å². The summed E-state index contributed by atoms with van der Waals surface area (Å²) in [4.78, 5) is 4.59. The highest BCUT2D eigenvalue weighted by Gasteiger charge is 2.11. The number of benzene rings is 3. The van der Waals surface area contributed by atoms with E-state index in [-0.39, 0.29) is 5.60 Å². The van der Waals surface area contributed by atoms with E-state index in [9.17, 15) is 0 Å². The molecular formula is C25H25NO3. The zero-order chi connectivity index (χ0) is 20.5. The Labute approximate surface area is 172 Å². The molecular weight excluding hydrogens is 362 g/mol. The smallest absolute Gasteiger partial charge is 0.222 e. The van der Waals surface area contributed by atoms with Crippen LogP contribution < -0.4 is 14.2 Å². The van der Waals surface area contributed by atoms with Crippen molar-refractivity contribution in [1.82, 2.24) is 0 Å². The molecule has 148 valence electrons. The van der Waals surface area contributed by atoms with E-state index in [4.69, 9.17) is 14.2 Å². The largest absolute Gasteiger partial charge is 0.488 e. The molecule has 0 unspecified atom stereocenters. The Morgan fingerprint density at radius 2 is 1.31 bits per heavy atom. The minimum absolute atomic E-state index is 0.246.